The van der Waals surface area contributed by atoms with E-state index in [0.717, 1.165) is 5.69 Å². The molecule has 3 rings (SSSR count). The third-order valence-corrected chi connectivity index (χ3v) is 5.11. The first-order chi connectivity index (χ1) is 11.5. The summed E-state index contributed by atoms with van der Waals surface area (Å²) in [5, 5.41) is 19.0. The van der Waals surface area contributed by atoms with E-state index < -0.39 is 6.10 Å². The Bertz CT molecular complexity index is 666. The minimum Gasteiger partial charge on any atom is -0.467 e. The number of thiazole rings is 1. The van der Waals surface area contributed by atoms with Gasteiger partial charge in [0.1, 0.15) is 11.9 Å². The van der Waals surface area contributed by atoms with Crippen LogP contribution in [0.5, 0.6) is 0 Å². The Hall–Kier alpha value is -1.86. The lowest BCUT2D eigenvalue weighted by molar-refractivity contribution is 0.129. The van der Waals surface area contributed by atoms with Gasteiger partial charge in [-0.1, -0.05) is 0 Å². The second kappa shape index (κ2) is 7.36. The number of nitrogens with one attached hydrogen (secondary N) is 2. The molecule has 2 aromatic rings. The van der Waals surface area contributed by atoms with Crippen LogP contribution in [0.25, 0.3) is 0 Å². The third kappa shape index (κ3) is 4.36. The number of hydrogen-bond donors (Lipinski definition) is 3. The molecule has 1 saturated carbocycles. The van der Waals surface area contributed by atoms with Crippen LogP contribution in [0.3, 0.4) is 0 Å². The highest BCUT2D eigenvalue weighted by Crippen LogP contribution is 2.41. The smallest absolute Gasteiger partial charge is 0.315 e. The second-order valence-corrected chi connectivity index (χ2v) is 7.28. The normalized spacial score (nSPS) is 18.0. The van der Waals surface area contributed by atoms with Crippen LogP contribution in [0, 0.1) is 0 Å². The Morgan fingerprint density at radius 1 is 1.46 bits per heavy atom. The first-order valence-corrected chi connectivity index (χ1v) is 9.14. The number of furan rings is 1. The summed E-state index contributed by atoms with van der Waals surface area (Å²) in [4.78, 5) is 16.7. The Morgan fingerprint density at radius 2 is 2.25 bits per heavy atom. The summed E-state index contributed by atoms with van der Waals surface area (Å²) in [5.74, 6) is 1.14. The lowest BCUT2D eigenvalue weighted by atomic mass is 10.1. The summed E-state index contributed by atoms with van der Waals surface area (Å²) >= 11 is 1.67. The highest BCUT2D eigenvalue weighted by atomic mass is 32.1. The van der Waals surface area contributed by atoms with Gasteiger partial charge in [0.05, 0.1) is 23.0 Å². The van der Waals surface area contributed by atoms with Gasteiger partial charge in [-0.15, -0.1) is 11.3 Å². The number of hydrogen-bond acceptors (Lipinski definition) is 5. The summed E-state index contributed by atoms with van der Waals surface area (Å²) in [7, 11) is 0. The summed E-state index contributed by atoms with van der Waals surface area (Å²) < 4.78 is 5.16. The van der Waals surface area contributed by atoms with Gasteiger partial charge in [-0.2, -0.15) is 0 Å². The van der Waals surface area contributed by atoms with Gasteiger partial charge in [0, 0.05) is 23.8 Å². The van der Waals surface area contributed by atoms with Gasteiger partial charge in [0.15, 0.2) is 0 Å². The van der Waals surface area contributed by atoms with Crippen LogP contribution in [0.2, 0.25) is 0 Å². The predicted octanol–water partition coefficient (Wildman–Crippen LogP) is 3.49. The molecule has 1 aliphatic rings. The molecule has 1 aliphatic carbocycles. The van der Waals surface area contributed by atoms with Gasteiger partial charge >= 0.3 is 6.03 Å². The monoisotopic (exact) mass is 349 g/mol. The molecule has 0 spiro atoms. The molecule has 0 saturated heterocycles. The van der Waals surface area contributed by atoms with E-state index in [2.05, 4.69) is 15.6 Å². The molecule has 6 nitrogen and oxygen atoms in total. The summed E-state index contributed by atoms with van der Waals surface area (Å²) in [6, 6.07) is 2.86. The number of urea groups is 1. The molecule has 0 bridgehead atoms. The SMILES string of the molecule is CC(CC(O)c1ccco1)NC(=O)NC(C)c1csc(C2CC2)n1. The van der Waals surface area contributed by atoms with E-state index in [4.69, 9.17) is 4.42 Å². The number of amides is 2. The molecule has 3 atom stereocenters. The van der Waals surface area contributed by atoms with Crippen LogP contribution in [-0.4, -0.2) is 22.2 Å². The molecule has 2 amide bonds. The fourth-order valence-corrected chi connectivity index (χ4v) is 3.63. The average Bonchev–Trinajstić information content (AvgIpc) is 3.04. The number of carbonyl (C=O) groups is 1. The zero-order chi connectivity index (χ0) is 17.1. The quantitative estimate of drug-likeness (QED) is 0.714. The van der Waals surface area contributed by atoms with Crippen molar-refractivity contribution >= 4 is 17.4 Å². The van der Waals surface area contributed by atoms with E-state index >= 15 is 0 Å². The Labute approximate surface area is 145 Å². The van der Waals surface area contributed by atoms with Crippen molar-refractivity contribution in [1.29, 1.82) is 0 Å². The zero-order valence-electron chi connectivity index (χ0n) is 13.9. The molecule has 3 unspecified atom stereocenters. The van der Waals surface area contributed by atoms with Crippen molar-refractivity contribution in [3.63, 3.8) is 0 Å². The molecular weight excluding hydrogens is 326 g/mol. The molecule has 24 heavy (non-hydrogen) atoms. The molecule has 130 valence electrons. The topological polar surface area (TPSA) is 87.4 Å². The van der Waals surface area contributed by atoms with Crippen molar-refractivity contribution in [3.8, 4) is 0 Å². The second-order valence-electron chi connectivity index (χ2n) is 6.39. The molecular formula is C17H23N3O3S. The van der Waals surface area contributed by atoms with Crippen LogP contribution >= 0.6 is 11.3 Å². The maximum atomic E-state index is 12.1. The predicted molar refractivity (Wildman–Crippen MR) is 91.9 cm³/mol. The van der Waals surface area contributed by atoms with Gasteiger partial charge < -0.3 is 20.2 Å². The van der Waals surface area contributed by atoms with Crippen molar-refractivity contribution in [1.82, 2.24) is 15.6 Å². The Kier molecular flexibility index (Phi) is 5.20. The molecule has 3 N–H and O–H groups in total. The lowest BCUT2D eigenvalue weighted by Gasteiger charge is -2.19. The zero-order valence-corrected chi connectivity index (χ0v) is 14.7. The lowest BCUT2D eigenvalue weighted by Crippen LogP contribution is -2.42. The fourth-order valence-electron chi connectivity index (χ4n) is 2.54. The minimum absolute atomic E-state index is 0.143. The van der Waals surface area contributed by atoms with Crippen molar-refractivity contribution in [2.75, 3.05) is 0 Å². The molecule has 7 heteroatoms. The number of aliphatic hydroxyl groups is 1. The van der Waals surface area contributed by atoms with E-state index in [1.807, 2.05) is 19.2 Å². The number of aliphatic hydroxyl groups excluding tert-OH is 1. The third-order valence-electron chi connectivity index (χ3n) is 4.08. The van der Waals surface area contributed by atoms with Crippen molar-refractivity contribution in [2.24, 2.45) is 0 Å². The van der Waals surface area contributed by atoms with Crippen LogP contribution < -0.4 is 10.6 Å². The largest absolute Gasteiger partial charge is 0.467 e. The first kappa shape index (κ1) is 17.0. The Morgan fingerprint density at radius 3 is 2.92 bits per heavy atom. The van der Waals surface area contributed by atoms with E-state index in [0.29, 0.717) is 18.1 Å². The minimum atomic E-state index is -0.729. The van der Waals surface area contributed by atoms with Gasteiger partial charge in [-0.05, 0) is 38.8 Å². The Balaban J connectivity index is 1.45. The van der Waals surface area contributed by atoms with E-state index in [-0.39, 0.29) is 18.1 Å². The number of aromatic nitrogens is 1. The van der Waals surface area contributed by atoms with E-state index in [1.165, 1.54) is 24.1 Å². The van der Waals surface area contributed by atoms with Crippen molar-refractivity contribution < 1.29 is 14.3 Å². The highest BCUT2D eigenvalue weighted by Gasteiger charge is 2.27. The summed E-state index contributed by atoms with van der Waals surface area (Å²) in [6.45, 7) is 3.78. The van der Waals surface area contributed by atoms with Crippen molar-refractivity contribution in [2.45, 2.75) is 57.2 Å². The molecule has 0 aromatic carbocycles. The molecule has 2 aromatic heterocycles. The van der Waals surface area contributed by atoms with E-state index in [9.17, 15) is 9.90 Å². The van der Waals surface area contributed by atoms with Crippen LogP contribution in [-0.2, 0) is 0 Å². The average molecular weight is 349 g/mol. The standard InChI is InChI=1S/C17H23N3O3S/c1-10(8-14(21)15-4-3-7-23-15)18-17(22)19-11(2)13-9-24-16(20-13)12-5-6-12/h3-4,7,9-12,14,21H,5-6,8H2,1-2H3,(H2,18,19,22). The first-order valence-electron chi connectivity index (χ1n) is 8.26. The van der Waals surface area contributed by atoms with Crippen LogP contribution in [0.1, 0.15) is 67.6 Å². The summed E-state index contributed by atoms with van der Waals surface area (Å²) in [6.07, 6.45) is 3.63. The van der Waals surface area contributed by atoms with Crippen LogP contribution in [0.15, 0.2) is 28.2 Å². The van der Waals surface area contributed by atoms with Gasteiger partial charge in [-0.25, -0.2) is 9.78 Å². The maximum Gasteiger partial charge on any atom is 0.315 e. The van der Waals surface area contributed by atoms with Gasteiger partial charge in [-0.3, -0.25) is 0 Å². The maximum absolute atomic E-state index is 12.1. The van der Waals surface area contributed by atoms with E-state index in [1.54, 1.807) is 23.5 Å². The van der Waals surface area contributed by atoms with Gasteiger partial charge in [0.25, 0.3) is 0 Å². The van der Waals surface area contributed by atoms with Gasteiger partial charge in [0.2, 0.25) is 0 Å². The fraction of sp³-hybridized carbons (Fsp3) is 0.529. The number of rotatable bonds is 7. The molecule has 1 fully saturated rings. The number of carbonyl (C=O) groups excluding carboxylic acids is 1. The summed E-state index contributed by atoms with van der Waals surface area (Å²) in [5.41, 5.74) is 0.903. The van der Waals surface area contributed by atoms with Crippen LogP contribution in [0.4, 0.5) is 4.79 Å². The number of nitrogens with zero attached hydrogens (tertiary/aromatic N) is 1. The highest BCUT2D eigenvalue weighted by molar-refractivity contribution is 7.09. The van der Waals surface area contributed by atoms with Crippen molar-refractivity contribution in [3.05, 3.63) is 40.2 Å². The molecule has 0 radical (unpaired) electrons. The molecule has 2 heterocycles. The molecule has 0 aliphatic heterocycles.